The Morgan fingerprint density at radius 1 is 1.53 bits per heavy atom. The molecule has 17 heavy (non-hydrogen) atoms. The van der Waals surface area contributed by atoms with Crippen LogP contribution in [0.15, 0.2) is 0 Å². The van der Waals surface area contributed by atoms with Gasteiger partial charge < -0.3 is 20.5 Å². The summed E-state index contributed by atoms with van der Waals surface area (Å²) in [6.45, 7) is 3.81. The minimum atomic E-state index is -0.994. The molecular formula is C11H20N2O4. The Labute approximate surface area is 101 Å². The molecular weight excluding hydrogens is 224 g/mol. The molecule has 2 atom stereocenters. The summed E-state index contributed by atoms with van der Waals surface area (Å²) in [6.07, 6.45) is 2.10. The molecule has 0 aromatic carbocycles. The lowest BCUT2D eigenvalue weighted by atomic mass is 10.1. The topological polar surface area (TPSA) is 87.7 Å². The molecule has 1 unspecified atom stereocenters. The zero-order valence-corrected chi connectivity index (χ0v) is 10.1. The van der Waals surface area contributed by atoms with Crippen molar-refractivity contribution in [2.45, 2.75) is 32.2 Å². The van der Waals surface area contributed by atoms with Crippen LogP contribution in [0.4, 0.5) is 4.79 Å². The van der Waals surface area contributed by atoms with Crippen LogP contribution in [-0.4, -0.2) is 42.9 Å². The van der Waals surface area contributed by atoms with Gasteiger partial charge in [-0.1, -0.05) is 13.3 Å². The Morgan fingerprint density at radius 3 is 2.82 bits per heavy atom. The van der Waals surface area contributed by atoms with Crippen LogP contribution in [-0.2, 0) is 9.53 Å². The first-order chi connectivity index (χ1) is 8.13. The molecule has 6 heteroatoms. The summed E-state index contributed by atoms with van der Waals surface area (Å²) in [7, 11) is 0. The molecule has 0 bridgehead atoms. The molecule has 1 heterocycles. The van der Waals surface area contributed by atoms with Crippen molar-refractivity contribution in [1.29, 1.82) is 0 Å². The highest BCUT2D eigenvalue weighted by Crippen LogP contribution is 2.10. The zero-order valence-electron chi connectivity index (χ0n) is 10.1. The summed E-state index contributed by atoms with van der Waals surface area (Å²) in [6, 6.07) is -1.22. The van der Waals surface area contributed by atoms with E-state index in [-0.39, 0.29) is 0 Å². The normalized spacial score (nSPS) is 20.9. The molecule has 0 spiro atoms. The number of ether oxygens (including phenoxy) is 1. The van der Waals surface area contributed by atoms with Crippen LogP contribution in [0.1, 0.15) is 26.2 Å². The van der Waals surface area contributed by atoms with Crippen LogP contribution < -0.4 is 10.6 Å². The van der Waals surface area contributed by atoms with E-state index in [0.29, 0.717) is 31.9 Å². The fraction of sp³-hybridized carbons (Fsp3) is 0.818. The number of urea groups is 1. The zero-order chi connectivity index (χ0) is 12.7. The highest BCUT2D eigenvalue weighted by Gasteiger charge is 2.20. The summed E-state index contributed by atoms with van der Waals surface area (Å²) < 4.78 is 5.18. The molecule has 0 radical (unpaired) electrons. The van der Waals surface area contributed by atoms with Gasteiger partial charge in [-0.15, -0.1) is 0 Å². The third-order valence-electron chi connectivity index (χ3n) is 2.76. The fourth-order valence-corrected chi connectivity index (χ4v) is 1.74. The number of hydrogen-bond donors (Lipinski definition) is 3. The largest absolute Gasteiger partial charge is 0.480 e. The highest BCUT2D eigenvalue weighted by atomic mass is 16.5. The van der Waals surface area contributed by atoms with Gasteiger partial charge in [-0.3, -0.25) is 0 Å². The average molecular weight is 244 g/mol. The maximum absolute atomic E-state index is 11.5. The minimum Gasteiger partial charge on any atom is -0.480 e. The number of hydrogen-bond acceptors (Lipinski definition) is 3. The number of carboxylic acids is 1. The molecule has 3 N–H and O–H groups in total. The first-order valence-corrected chi connectivity index (χ1v) is 5.98. The van der Waals surface area contributed by atoms with Gasteiger partial charge in [0, 0.05) is 19.1 Å². The second-order valence-corrected chi connectivity index (χ2v) is 4.26. The number of carboxylic acid groups (broad SMARTS) is 1. The standard InChI is InChI=1S/C11H20N2O4/c1-2-3-9(10(14)15)13-11(16)12-6-8-4-5-17-7-8/h8-9H,2-7H2,1H3,(H,14,15)(H2,12,13,16)/t8?,9-/m1/s1. The lowest BCUT2D eigenvalue weighted by molar-refractivity contribution is -0.139. The van der Waals surface area contributed by atoms with Crippen LogP contribution in [0.2, 0.25) is 0 Å². The third-order valence-corrected chi connectivity index (χ3v) is 2.76. The Bertz CT molecular complexity index is 264. The van der Waals surface area contributed by atoms with Gasteiger partial charge in [-0.2, -0.15) is 0 Å². The van der Waals surface area contributed by atoms with E-state index >= 15 is 0 Å². The van der Waals surface area contributed by atoms with Crippen molar-refractivity contribution >= 4 is 12.0 Å². The van der Waals surface area contributed by atoms with Crippen LogP contribution in [0.25, 0.3) is 0 Å². The van der Waals surface area contributed by atoms with Crippen LogP contribution in [0.5, 0.6) is 0 Å². The molecule has 0 aliphatic carbocycles. The SMILES string of the molecule is CCC[C@@H](NC(=O)NCC1CCOC1)C(=O)O. The highest BCUT2D eigenvalue weighted by molar-refractivity contribution is 5.82. The molecule has 0 aromatic rings. The number of aliphatic carboxylic acids is 1. The maximum Gasteiger partial charge on any atom is 0.326 e. The maximum atomic E-state index is 11.5. The van der Waals surface area contributed by atoms with Gasteiger partial charge >= 0.3 is 12.0 Å². The van der Waals surface area contributed by atoms with Crippen molar-refractivity contribution in [3.05, 3.63) is 0 Å². The van der Waals surface area contributed by atoms with E-state index in [9.17, 15) is 9.59 Å². The summed E-state index contributed by atoms with van der Waals surface area (Å²) in [5.74, 6) is -0.651. The quantitative estimate of drug-likeness (QED) is 0.637. The predicted octanol–water partition coefficient (Wildman–Crippen LogP) is 0.575. The van der Waals surface area contributed by atoms with Crippen molar-refractivity contribution in [1.82, 2.24) is 10.6 Å². The Balaban J connectivity index is 2.23. The summed E-state index contributed by atoms with van der Waals surface area (Å²) in [5.41, 5.74) is 0. The predicted molar refractivity (Wildman–Crippen MR) is 61.8 cm³/mol. The van der Waals surface area contributed by atoms with Gasteiger partial charge in [0.1, 0.15) is 6.04 Å². The molecule has 6 nitrogen and oxygen atoms in total. The van der Waals surface area contributed by atoms with Crippen molar-refractivity contribution in [3.63, 3.8) is 0 Å². The third kappa shape index (κ3) is 5.04. The second kappa shape index (κ2) is 7.11. The molecule has 1 rings (SSSR count). The molecule has 0 aromatic heterocycles. The lowest BCUT2D eigenvalue weighted by Crippen LogP contribution is -2.47. The summed E-state index contributed by atoms with van der Waals surface area (Å²) in [4.78, 5) is 22.3. The first kappa shape index (κ1) is 13.8. The van der Waals surface area contributed by atoms with Gasteiger partial charge in [0.2, 0.25) is 0 Å². The molecule has 98 valence electrons. The molecule has 2 amide bonds. The smallest absolute Gasteiger partial charge is 0.326 e. The fourth-order valence-electron chi connectivity index (χ4n) is 1.74. The van der Waals surface area contributed by atoms with E-state index in [1.54, 1.807) is 0 Å². The van der Waals surface area contributed by atoms with E-state index < -0.39 is 18.0 Å². The average Bonchev–Trinajstić information content (AvgIpc) is 2.78. The first-order valence-electron chi connectivity index (χ1n) is 5.98. The number of rotatable bonds is 6. The minimum absolute atomic E-state index is 0.343. The molecule has 1 saturated heterocycles. The molecule has 1 aliphatic heterocycles. The Kier molecular flexibility index (Phi) is 5.76. The van der Waals surface area contributed by atoms with E-state index in [4.69, 9.17) is 9.84 Å². The van der Waals surface area contributed by atoms with Gasteiger partial charge in [0.25, 0.3) is 0 Å². The van der Waals surface area contributed by atoms with Crippen molar-refractivity contribution < 1.29 is 19.4 Å². The number of nitrogens with one attached hydrogen (secondary N) is 2. The Morgan fingerprint density at radius 2 is 2.29 bits per heavy atom. The van der Waals surface area contributed by atoms with Crippen LogP contribution >= 0.6 is 0 Å². The van der Waals surface area contributed by atoms with Crippen molar-refractivity contribution in [3.8, 4) is 0 Å². The van der Waals surface area contributed by atoms with Crippen LogP contribution in [0.3, 0.4) is 0 Å². The van der Waals surface area contributed by atoms with Crippen LogP contribution in [0, 0.1) is 5.92 Å². The van der Waals surface area contributed by atoms with E-state index in [2.05, 4.69) is 10.6 Å². The Hall–Kier alpha value is -1.30. The number of carbonyl (C=O) groups excluding carboxylic acids is 1. The summed E-state index contributed by atoms with van der Waals surface area (Å²) in [5, 5.41) is 14.0. The van der Waals surface area contributed by atoms with Gasteiger partial charge in [-0.05, 0) is 12.8 Å². The number of carbonyl (C=O) groups is 2. The van der Waals surface area contributed by atoms with Crippen molar-refractivity contribution in [2.24, 2.45) is 5.92 Å². The van der Waals surface area contributed by atoms with E-state index in [1.165, 1.54) is 0 Å². The van der Waals surface area contributed by atoms with Crippen molar-refractivity contribution in [2.75, 3.05) is 19.8 Å². The molecule has 1 fully saturated rings. The van der Waals surface area contributed by atoms with Gasteiger partial charge in [0.05, 0.1) is 6.61 Å². The van der Waals surface area contributed by atoms with E-state index in [0.717, 1.165) is 13.0 Å². The summed E-state index contributed by atoms with van der Waals surface area (Å²) >= 11 is 0. The molecule has 1 aliphatic rings. The van der Waals surface area contributed by atoms with Gasteiger partial charge in [0.15, 0.2) is 0 Å². The van der Waals surface area contributed by atoms with Gasteiger partial charge in [-0.25, -0.2) is 9.59 Å². The molecule has 0 saturated carbocycles. The number of amides is 2. The monoisotopic (exact) mass is 244 g/mol. The van der Waals surface area contributed by atoms with E-state index in [1.807, 2.05) is 6.92 Å². The lowest BCUT2D eigenvalue weighted by Gasteiger charge is -2.15. The second-order valence-electron chi connectivity index (χ2n) is 4.26.